The summed E-state index contributed by atoms with van der Waals surface area (Å²) in [7, 11) is 0. The molecule has 0 spiro atoms. The van der Waals surface area contributed by atoms with Gasteiger partial charge in [0.15, 0.2) is 6.29 Å². The summed E-state index contributed by atoms with van der Waals surface area (Å²) in [6, 6.07) is 38.7. The summed E-state index contributed by atoms with van der Waals surface area (Å²) in [6.07, 6.45) is -3.90. The maximum atomic E-state index is 12.8. The quantitative estimate of drug-likeness (QED) is 0.0590. The van der Waals surface area contributed by atoms with E-state index in [-0.39, 0.29) is 39.5 Å². The highest BCUT2D eigenvalue weighted by atomic mass is 16.7. The lowest BCUT2D eigenvalue weighted by atomic mass is 9.97. The summed E-state index contributed by atoms with van der Waals surface area (Å²) in [4.78, 5) is 30.2. The third-order valence-corrected chi connectivity index (χ3v) is 10.1. The number of ether oxygens (including phenoxy) is 7. The Bertz CT molecular complexity index is 2190. The van der Waals surface area contributed by atoms with Gasteiger partial charge in [-0.3, -0.25) is 14.3 Å². The van der Waals surface area contributed by atoms with E-state index in [2.05, 4.69) is 15.0 Å². The van der Waals surface area contributed by atoms with Gasteiger partial charge >= 0.3 is 5.69 Å². The second-order valence-electron chi connectivity index (χ2n) is 14.3. The number of aromatic amines is 1. The van der Waals surface area contributed by atoms with E-state index in [0.29, 0.717) is 12.2 Å². The van der Waals surface area contributed by atoms with Crippen LogP contribution in [0.3, 0.4) is 0 Å². The van der Waals surface area contributed by atoms with Crippen LogP contribution in [-0.4, -0.2) is 65.6 Å². The summed E-state index contributed by atoms with van der Waals surface area (Å²) in [5, 5.41) is 3.99. The van der Waals surface area contributed by atoms with Crippen molar-refractivity contribution < 1.29 is 33.2 Å². The molecule has 8 atom stereocenters. The fourth-order valence-electron chi connectivity index (χ4n) is 7.09. The minimum Gasteiger partial charge on any atom is -0.374 e. The summed E-state index contributed by atoms with van der Waals surface area (Å²) in [6.45, 7) is 2.74. The van der Waals surface area contributed by atoms with E-state index in [1.165, 1.54) is 10.8 Å². The third kappa shape index (κ3) is 10.7. The average molecular weight is 790 g/mol. The molecule has 58 heavy (non-hydrogen) atoms. The molecule has 0 unspecified atom stereocenters. The number of aromatic nitrogens is 2. The number of nitrogens with one attached hydrogen (secondary N) is 1. The smallest absolute Gasteiger partial charge is 0.330 e. The first-order valence-electron chi connectivity index (χ1n) is 19.3. The average Bonchev–Trinajstić information content (AvgIpc) is 3.66. The molecule has 4 aromatic carbocycles. The van der Waals surface area contributed by atoms with Gasteiger partial charge in [-0.2, -0.15) is 0 Å². The molecule has 1 aromatic heterocycles. The van der Waals surface area contributed by atoms with Gasteiger partial charge in [-0.1, -0.05) is 126 Å². The number of benzene rings is 4. The summed E-state index contributed by atoms with van der Waals surface area (Å²) in [5.41, 5.74) is 12.6. The van der Waals surface area contributed by atoms with E-state index < -0.39 is 60.3 Å². The number of hydrogen-bond acceptors (Lipinski definition) is 10. The van der Waals surface area contributed by atoms with Gasteiger partial charge in [0.25, 0.3) is 5.56 Å². The minimum absolute atomic E-state index is 0.0916. The summed E-state index contributed by atoms with van der Waals surface area (Å²) < 4.78 is 47.5. The summed E-state index contributed by atoms with van der Waals surface area (Å²) >= 11 is 0. The third-order valence-electron chi connectivity index (χ3n) is 10.1. The minimum atomic E-state index is -1.03. The topological polar surface area (TPSA) is 168 Å². The van der Waals surface area contributed by atoms with Crippen LogP contribution in [0.4, 0.5) is 0 Å². The van der Waals surface area contributed by atoms with E-state index in [0.717, 1.165) is 22.3 Å². The van der Waals surface area contributed by atoms with Crippen LogP contribution in [0.1, 0.15) is 40.5 Å². The maximum Gasteiger partial charge on any atom is 0.330 e. The van der Waals surface area contributed by atoms with Crippen molar-refractivity contribution in [3.8, 4) is 0 Å². The fourth-order valence-corrected chi connectivity index (χ4v) is 7.09. The van der Waals surface area contributed by atoms with Gasteiger partial charge in [0.05, 0.1) is 51.8 Å². The van der Waals surface area contributed by atoms with Crippen molar-refractivity contribution in [3.05, 3.63) is 187 Å². The SMILES string of the molecule is Cc1cn([C@H]2C[C@H](N=[N+]=[N-])[C@@H](CO[C@H]3O[C@H](COCc4ccccc4)[C@@H](OCc4ccccc4)[C@H](OCc4ccccc4)[C@H]3OCc3ccccc3)O2)c(=O)[nH]c1=O. The van der Waals surface area contributed by atoms with E-state index in [1.54, 1.807) is 6.92 Å². The Balaban J connectivity index is 1.19. The van der Waals surface area contributed by atoms with Crippen LogP contribution >= 0.6 is 0 Å². The predicted octanol–water partition coefficient (Wildman–Crippen LogP) is 6.53. The van der Waals surface area contributed by atoms with Crippen molar-refractivity contribution in [2.24, 2.45) is 5.11 Å². The van der Waals surface area contributed by atoms with Gasteiger partial charge < -0.3 is 33.2 Å². The number of rotatable bonds is 18. The molecule has 0 aliphatic carbocycles. The van der Waals surface area contributed by atoms with Crippen molar-refractivity contribution in [2.45, 2.75) is 88.9 Å². The number of hydrogen-bond donors (Lipinski definition) is 1. The van der Waals surface area contributed by atoms with Crippen molar-refractivity contribution in [1.29, 1.82) is 0 Å². The van der Waals surface area contributed by atoms with Gasteiger partial charge in [-0.15, -0.1) is 0 Å². The van der Waals surface area contributed by atoms with Gasteiger partial charge in [0.2, 0.25) is 0 Å². The molecular formula is C44H47N5O9. The molecule has 5 aromatic rings. The Morgan fingerprint density at radius 1 is 0.672 bits per heavy atom. The van der Waals surface area contributed by atoms with Crippen LogP contribution in [0, 0.1) is 6.92 Å². The molecule has 14 nitrogen and oxygen atoms in total. The lowest BCUT2D eigenvalue weighted by molar-refractivity contribution is -0.331. The fraction of sp³-hybridized carbons (Fsp3) is 0.364. The Hall–Kier alpha value is -5.41. The molecule has 3 heterocycles. The standard InChI is InChI=1S/C44H47N5O9/c1-30-23-49(44(51)46-42(30)50)38-22-35(47-48-45)36(57-38)29-56-43-41(55-27-34-20-12-5-13-21-34)40(54-26-33-18-10-4-11-19-33)39(53-25-32-16-8-3-9-17-32)37(58-43)28-52-24-31-14-6-2-7-15-31/h2-21,23,35-41,43H,22,24-29H2,1H3,(H,46,50,51)/t35-,36+,37+,38+,39+,40-,41+,43-/m0/s1. The van der Waals surface area contributed by atoms with Gasteiger partial charge in [-0.25, -0.2) is 4.79 Å². The molecule has 0 amide bonds. The molecule has 7 rings (SSSR count). The largest absolute Gasteiger partial charge is 0.374 e. The van der Waals surface area contributed by atoms with Crippen LogP contribution in [0.15, 0.2) is 142 Å². The molecule has 1 N–H and O–H groups in total. The Labute approximate surface area is 335 Å². The van der Waals surface area contributed by atoms with E-state index in [4.69, 9.17) is 33.2 Å². The van der Waals surface area contributed by atoms with Crippen LogP contribution in [-0.2, 0) is 59.6 Å². The molecular weight excluding hydrogens is 743 g/mol. The van der Waals surface area contributed by atoms with Crippen LogP contribution in [0.5, 0.6) is 0 Å². The summed E-state index contributed by atoms with van der Waals surface area (Å²) in [5.74, 6) is 0. The van der Waals surface area contributed by atoms with Crippen molar-refractivity contribution in [1.82, 2.24) is 9.55 Å². The van der Waals surface area contributed by atoms with E-state index >= 15 is 0 Å². The Kier molecular flexibility index (Phi) is 14.3. The second-order valence-corrected chi connectivity index (χ2v) is 14.3. The van der Waals surface area contributed by atoms with E-state index in [9.17, 15) is 15.1 Å². The maximum absolute atomic E-state index is 12.8. The van der Waals surface area contributed by atoms with Gasteiger partial charge in [-0.05, 0) is 34.7 Å². The molecule has 2 fully saturated rings. The lowest BCUT2D eigenvalue weighted by Crippen LogP contribution is -2.62. The lowest BCUT2D eigenvalue weighted by Gasteiger charge is -2.46. The first kappa shape index (κ1) is 40.8. The Morgan fingerprint density at radius 2 is 1.19 bits per heavy atom. The molecule has 2 saturated heterocycles. The molecule has 0 bridgehead atoms. The first-order valence-corrected chi connectivity index (χ1v) is 19.3. The Morgan fingerprint density at radius 3 is 1.74 bits per heavy atom. The molecule has 0 radical (unpaired) electrons. The van der Waals surface area contributed by atoms with Crippen molar-refractivity contribution in [3.63, 3.8) is 0 Å². The zero-order chi connectivity index (χ0) is 40.1. The van der Waals surface area contributed by atoms with Gasteiger partial charge in [0.1, 0.15) is 30.6 Å². The zero-order valence-corrected chi connectivity index (χ0v) is 32.2. The van der Waals surface area contributed by atoms with Crippen molar-refractivity contribution >= 4 is 0 Å². The molecule has 14 heteroatoms. The van der Waals surface area contributed by atoms with Gasteiger partial charge in [0, 0.05) is 23.1 Å². The predicted molar refractivity (Wildman–Crippen MR) is 213 cm³/mol. The highest BCUT2D eigenvalue weighted by Gasteiger charge is 2.50. The zero-order valence-electron chi connectivity index (χ0n) is 32.2. The molecule has 2 aliphatic heterocycles. The highest BCUT2D eigenvalue weighted by Crippen LogP contribution is 2.34. The number of H-pyrrole nitrogens is 1. The number of azide groups is 1. The molecule has 302 valence electrons. The van der Waals surface area contributed by atoms with Crippen LogP contribution in [0.25, 0.3) is 10.4 Å². The first-order chi connectivity index (χ1) is 28.4. The second kappa shape index (κ2) is 20.3. The van der Waals surface area contributed by atoms with E-state index in [1.807, 2.05) is 121 Å². The van der Waals surface area contributed by atoms with Crippen LogP contribution < -0.4 is 11.2 Å². The monoisotopic (exact) mass is 789 g/mol. The normalized spacial score (nSPS) is 24.3. The molecule has 0 saturated carbocycles. The molecule has 2 aliphatic rings. The number of aryl methyl sites for hydroxylation is 1. The highest BCUT2D eigenvalue weighted by molar-refractivity contribution is 5.16. The van der Waals surface area contributed by atoms with Crippen molar-refractivity contribution in [2.75, 3.05) is 13.2 Å². The van der Waals surface area contributed by atoms with Crippen LogP contribution in [0.2, 0.25) is 0 Å². The number of nitrogens with zero attached hydrogens (tertiary/aromatic N) is 4.